The lowest BCUT2D eigenvalue weighted by Crippen LogP contribution is -2.23. The molecule has 0 saturated carbocycles. The van der Waals surface area contributed by atoms with Crippen molar-refractivity contribution < 1.29 is 19.5 Å². The number of aliphatic hydroxyl groups is 1. The molecule has 0 spiro atoms. The lowest BCUT2D eigenvalue weighted by atomic mass is 10.1. The van der Waals surface area contributed by atoms with Crippen LogP contribution in [0, 0.1) is 0 Å². The number of hydrogen-bond acceptors (Lipinski definition) is 5. The van der Waals surface area contributed by atoms with Crippen molar-refractivity contribution in [2.24, 2.45) is 0 Å². The quantitative estimate of drug-likeness (QED) is 0.277. The van der Waals surface area contributed by atoms with Crippen molar-refractivity contribution in [1.82, 2.24) is 5.32 Å². The average Bonchev–Trinajstić information content (AvgIpc) is 2.42. The Kier molecular flexibility index (Phi) is 11.5. The molecular weight excluding hydrogens is 290 g/mol. The van der Waals surface area contributed by atoms with Gasteiger partial charge in [-0.15, -0.1) is 0 Å². The summed E-state index contributed by atoms with van der Waals surface area (Å²) < 4.78 is 0. The Morgan fingerprint density at radius 3 is 2.57 bits per heavy atom. The molecule has 5 nitrogen and oxygen atoms in total. The van der Waals surface area contributed by atoms with Gasteiger partial charge in [-0.25, -0.2) is 0 Å². The van der Waals surface area contributed by atoms with E-state index in [1.807, 2.05) is 6.08 Å². The summed E-state index contributed by atoms with van der Waals surface area (Å²) in [5, 5.41) is 11.0. The van der Waals surface area contributed by atoms with Gasteiger partial charge in [0.25, 0.3) is 0 Å². The molecule has 118 valence electrons. The normalized spacial score (nSPS) is 11.7. The van der Waals surface area contributed by atoms with E-state index in [4.69, 9.17) is 5.11 Å². The highest BCUT2D eigenvalue weighted by Gasteiger charge is 2.11. The van der Waals surface area contributed by atoms with E-state index in [9.17, 15) is 14.4 Å². The van der Waals surface area contributed by atoms with E-state index < -0.39 is 0 Å². The molecule has 0 saturated heterocycles. The standard InChI is InChI=1S/C15H23NO4S/c1-12(7-5-3-4-6-9-17)14(19)11-15(20)21-10-8-16-13(2)18/h3,5,7,17H,4,6,8-11H2,1-2H3,(H,16,18)/b5-3+,12-7+. The second kappa shape index (κ2) is 12.3. The molecule has 21 heavy (non-hydrogen) atoms. The molecule has 0 aromatic rings. The maximum Gasteiger partial charge on any atom is 0.216 e. The van der Waals surface area contributed by atoms with Crippen molar-refractivity contribution in [3.05, 3.63) is 23.8 Å². The van der Waals surface area contributed by atoms with Crippen molar-refractivity contribution in [2.75, 3.05) is 18.9 Å². The fourth-order valence-electron chi connectivity index (χ4n) is 1.32. The van der Waals surface area contributed by atoms with Gasteiger partial charge in [0.05, 0.1) is 6.42 Å². The third-order valence-corrected chi connectivity index (χ3v) is 3.37. The lowest BCUT2D eigenvalue weighted by molar-refractivity contribution is -0.121. The smallest absolute Gasteiger partial charge is 0.216 e. The largest absolute Gasteiger partial charge is 0.396 e. The SMILES string of the molecule is CC(=O)NCCSC(=O)CC(=O)/C(C)=C/C=C/CCCO. The fraction of sp³-hybridized carbons (Fsp3) is 0.533. The number of allylic oxidation sites excluding steroid dienone is 4. The Labute approximate surface area is 129 Å². The third kappa shape index (κ3) is 12.1. The summed E-state index contributed by atoms with van der Waals surface area (Å²) in [7, 11) is 0. The summed E-state index contributed by atoms with van der Waals surface area (Å²) in [4.78, 5) is 34.0. The predicted molar refractivity (Wildman–Crippen MR) is 85.0 cm³/mol. The second-order valence-corrected chi connectivity index (χ2v) is 5.60. The van der Waals surface area contributed by atoms with E-state index in [0.29, 0.717) is 24.3 Å². The first kappa shape index (κ1) is 19.6. The number of amides is 1. The van der Waals surface area contributed by atoms with Gasteiger partial charge in [0.15, 0.2) is 10.9 Å². The summed E-state index contributed by atoms with van der Waals surface area (Å²) in [5.74, 6) is 0.139. The van der Waals surface area contributed by atoms with Crippen molar-refractivity contribution in [2.45, 2.75) is 33.1 Å². The number of nitrogens with one attached hydrogen (secondary N) is 1. The summed E-state index contributed by atoms with van der Waals surface area (Å²) in [6.45, 7) is 3.66. The van der Waals surface area contributed by atoms with Crippen LogP contribution in [-0.4, -0.2) is 40.8 Å². The number of thioether (sulfide) groups is 1. The highest BCUT2D eigenvalue weighted by Crippen LogP contribution is 2.09. The maximum absolute atomic E-state index is 11.8. The molecule has 0 aromatic heterocycles. The summed E-state index contributed by atoms with van der Waals surface area (Å²) in [6.07, 6.45) is 6.63. The molecule has 0 aliphatic heterocycles. The van der Waals surface area contributed by atoms with Crippen LogP contribution in [0.4, 0.5) is 0 Å². The van der Waals surface area contributed by atoms with Gasteiger partial charge in [-0.1, -0.05) is 30.0 Å². The van der Waals surface area contributed by atoms with Crippen LogP contribution in [0.3, 0.4) is 0 Å². The molecule has 0 radical (unpaired) electrons. The maximum atomic E-state index is 11.8. The monoisotopic (exact) mass is 313 g/mol. The zero-order chi connectivity index (χ0) is 16.1. The first-order valence-corrected chi connectivity index (χ1v) is 7.83. The van der Waals surface area contributed by atoms with Gasteiger partial charge in [-0.3, -0.25) is 14.4 Å². The highest BCUT2D eigenvalue weighted by atomic mass is 32.2. The molecule has 0 heterocycles. The molecule has 0 atom stereocenters. The molecule has 1 amide bonds. The Morgan fingerprint density at radius 1 is 1.24 bits per heavy atom. The second-order valence-electron chi connectivity index (χ2n) is 4.45. The molecule has 0 aliphatic carbocycles. The molecule has 6 heteroatoms. The van der Waals surface area contributed by atoms with E-state index in [2.05, 4.69) is 5.32 Å². The van der Waals surface area contributed by atoms with Crippen LogP contribution in [0.1, 0.15) is 33.1 Å². The number of ketones is 1. The van der Waals surface area contributed by atoms with Crippen LogP contribution in [0.25, 0.3) is 0 Å². The van der Waals surface area contributed by atoms with Crippen LogP contribution in [-0.2, 0) is 14.4 Å². The van der Waals surface area contributed by atoms with Crippen molar-refractivity contribution in [3.63, 3.8) is 0 Å². The Morgan fingerprint density at radius 2 is 1.95 bits per heavy atom. The van der Waals surface area contributed by atoms with Crippen LogP contribution < -0.4 is 5.32 Å². The predicted octanol–water partition coefficient (Wildman–Crippen LogP) is 1.62. The molecule has 0 aliphatic rings. The van der Waals surface area contributed by atoms with Crippen molar-refractivity contribution in [1.29, 1.82) is 0 Å². The number of rotatable bonds is 10. The minimum absolute atomic E-state index is 0.127. The fourth-order valence-corrected chi connectivity index (χ4v) is 1.99. The number of carbonyl (C=O) groups excluding carboxylic acids is 3. The van der Waals surface area contributed by atoms with Gasteiger partial charge in [0.1, 0.15) is 0 Å². The van der Waals surface area contributed by atoms with E-state index in [0.717, 1.165) is 18.2 Å². The van der Waals surface area contributed by atoms with Crippen LogP contribution >= 0.6 is 11.8 Å². The number of carbonyl (C=O) groups is 3. The topological polar surface area (TPSA) is 83.5 Å². The number of Topliss-reactive ketones (excluding diaryl/α,β-unsaturated/α-hetero) is 1. The van der Waals surface area contributed by atoms with E-state index in [1.54, 1.807) is 19.1 Å². The molecular formula is C15H23NO4S. The van der Waals surface area contributed by atoms with Gasteiger partial charge in [0.2, 0.25) is 5.91 Å². The average molecular weight is 313 g/mol. The number of hydrogen-bond donors (Lipinski definition) is 2. The van der Waals surface area contributed by atoms with Gasteiger partial charge in [-0.05, 0) is 25.3 Å². The van der Waals surface area contributed by atoms with Crippen molar-refractivity contribution in [3.8, 4) is 0 Å². The number of aliphatic hydroxyl groups excluding tert-OH is 1. The lowest BCUT2D eigenvalue weighted by Gasteiger charge is -2.02. The van der Waals surface area contributed by atoms with Crippen LogP contribution in [0.2, 0.25) is 0 Å². The van der Waals surface area contributed by atoms with Crippen molar-refractivity contribution >= 4 is 28.6 Å². The van der Waals surface area contributed by atoms with Gasteiger partial charge in [-0.2, -0.15) is 0 Å². The van der Waals surface area contributed by atoms with Gasteiger partial charge in [0, 0.05) is 25.8 Å². The minimum Gasteiger partial charge on any atom is -0.396 e. The first-order valence-electron chi connectivity index (χ1n) is 6.85. The van der Waals surface area contributed by atoms with Crippen LogP contribution in [0.15, 0.2) is 23.8 Å². The Bertz CT molecular complexity index is 416. The highest BCUT2D eigenvalue weighted by molar-refractivity contribution is 8.13. The molecule has 0 rings (SSSR count). The number of unbranched alkanes of at least 4 members (excludes halogenated alkanes) is 1. The molecule has 0 unspecified atom stereocenters. The summed E-state index contributed by atoms with van der Waals surface area (Å²) >= 11 is 1.05. The molecule has 0 bridgehead atoms. The zero-order valence-electron chi connectivity index (χ0n) is 12.6. The summed E-state index contributed by atoms with van der Waals surface area (Å²) in [5.41, 5.74) is 0.533. The zero-order valence-corrected chi connectivity index (χ0v) is 13.4. The van der Waals surface area contributed by atoms with Crippen LogP contribution in [0.5, 0.6) is 0 Å². The third-order valence-electron chi connectivity index (χ3n) is 2.49. The summed E-state index contributed by atoms with van der Waals surface area (Å²) in [6, 6.07) is 0. The molecule has 2 N–H and O–H groups in total. The minimum atomic E-state index is -0.196. The van der Waals surface area contributed by atoms with E-state index in [-0.39, 0.29) is 29.8 Å². The molecule has 0 fully saturated rings. The Hall–Kier alpha value is -1.40. The van der Waals surface area contributed by atoms with Gasteiger partial charge < -0.3 is 10.4 Å². The van der Waals surface area contributed by atoms with Gasteiger partial charge >= 0.3 is 0 Å². The molecule has 0 aromatic carbocycles. The van der Waals surface area contributed by atoms with E-state index in [1.165, 1.54) is 6.92 Å². The first-order chi connectivity index (χ1) is 9.97. The van der Waals surface area contributed by atoms with E-state index >= 15 is 0 Å². The Balaban J connectivity index is 3.99.